The molecule has 26 heavy (non-hydrogen) atoms. The minimum absolute atomic E-state index is 0.0446. The number of aromatic nitrogens is 2. The Labute approximate surface area is 153 Å². The molecule has 1 amide bonds. The number of pyridine rings is 2. The normalized spacial score (nSPS) is 20.2. The van der Waals surface area contributed by atoms with Crippen molar-refractivity contribution in [2.45, 2.75) is 12.5 Å². The van der Waals surface area contributed by atoms with Crippen molar-refractivity contribution in [3.05, 3.63) is 54.0 Å². The van der Waals surface area contributed by atoms with Crippen LogP contribution < -0.4 is 10.5 Å². The lowest BCUT2D eigenvalue weighted by atomic mass is 9.90. The molecule has 2 atom stereocenters. The van der Waals surface area contributed by atoms with Gasteiger partial charge in [0.25, 0.3) is 0 Å². The first-order chi connectivity index (χ1) is 12.7. The lowest BCUT2D eigenvalue weighted by Gasteiger charge is -2.18. The monoisotopic (exact) mass is 356 g/mol. The Morgan fingerprint density at radius 3 is 2.81 bits per heavy atom. The van der Waals surface area contributed by atoms with Crippen LogP contribution in [-0.2, 0) is 16.1 Å². The van der Waals surface area contributed by atoms with Crippen LogP contribution in [0.15, 0.2) is 42.7 Å². The number of nitrogens with two attached hydrogens (primary N) is 1. The fourth-order valence-electron chi connectivity index (χ4n) is 3.45. The highest BCUT2D eigenvalue weighted by Gasteiger charge is 2.34. The molecule has 0 unspecified atom stereocenters. The Bertz CT molecular complexity index is 726. The molecule has 7 heteroatoms. The third-order valence-electron chi connectivity index (χ3n) is 4.60. The van der Waals surface area contributed by atoms with Crippen LogP contribution >= 0.6 is 0 Å². The first-order valence-electron chi connectivity index (χ1n) is 8.64. The summed E-state index contributed by atoms with van der Waals surface area (Å²) in [6.45, 7) is 2.96. The summed E-state index contributed by atoms with van der Waals surface area (Å²) in [5.74, 6) is 0.772. The molecule has 0 spiro atoms. The molecule has 7 nitrogen and oxygen atoms in total. The zero-order valence-electron chi connectivity index (χ0n) is 14.9. The van der Waals surface area contributed by atoms with Gasteiger partial charge >= 0.3 is 0 Å². The Hall–Kier alpha value is -2.51. The van der Waals surface area contributed by atoms with Crippen molar-refractivity contribution in [2.24, 2.45) is 11.7 Å². The molecule has 2 aromatic heterocycles. The lowest BCUT2D eigenvalue weighted by molar-refractivity contribution is -0.122. The number of amides is 1. The van der Waals surface area contributed by atoms with Gasteiger partial charge < -0.3 is 15.2 Å². The van der Waals surface area contributed by atoms with E-state index in [0.717, 1.165) is 25.3 Å². The molecule has 0 aliphatic carbocycles. The predicted molar refractivity (Wildman–Crippen MR) is 96.5 cm³/mol. The number of methoxy groups -OCH3 is 1. The van der Waals surface area contributed by atoms with Gasteiger partial charge in [-0.1, -0.05) is 6.07 Å². The Balaban J connectivity index is 1.69. The second-order valence-electron chi connectivity index (χ2n) is 6.49. The van der Waals surface area contributed by atoms with Crippen molar-refractivity contribution < 1.29 is 14.3 Å². The van der Waals surface area contributed by atoms with E-state index >= 15 is 0 Å². The molecule has 1 aliphatic rings. The van der Waals surface area contributed by atoms with Gasteiger partial charge in [0.15, 0.2) is 0 Å². The van der Waals surface area contributed by atoms with Crippen molar-refractivity contribution in [2.75, 3.05) is 33.4 Å². The number of ether oxygens (including phenoxy) is 2. The van der Waals surface area contributed by atoms with Crippen molar-refractivity contribution in [3.8, 4) is 5.88 Å². The number of primary amides is 1. The second-order valence-corrected chi connectivity index (χ2v) is 6.49. The number of nitrogens with zero attached hydrogens (tertiary/aromatic N) is 3. The maximum Gasteiger partial charge on any atom is 0.243 e. The Morgan fingerprint density at radius 2 is 2.08 bits per heavy atom. The smallest absolute Gasteiger partial charge is 0.243 e. The SMILES string of the molecule is COc1cccc(CN2C[C@@H](COCC(N)=O)[C@H](c3ccncc3)C2)n1. The van der Waals surface area contributed by atoms with Gasteiger partial charge in [0.05, 0.1) is 19.4 Å². The van der Waals surface area contributed by atoms with E-state index in [0.29, 0.717) is 18.4 Å². The molecule has 3 heterocycles. The van der Waals surface area contributed by atoms with E-state index in [1.165, 1.54) is 5.56 Å². The van der Waals surface area contributed by atoms with E-state index in [1.807, 2.05) is 42.7 Å². The van der Waals surface area contributed by atoms with E-state index in [9.17, 15) is 4.79 Å². The molecule has 2 aromatic rings. The van der Waals surface area contributed by atoms with Crippen molar-refractivity contribution in [3.63, 3.8) is 0 Å². The van der Waals surface area contributed by atoms with Crippen LogP contribution in [0.4, 0.5) is 0 Å². The van der Waals surface area contributed by atoms with Gasteiger partial charge in [0.1, 0.15) is 6.61 Å². The summed E-state index contributed by atoms with van der Waals surface area (Å²) < 4.78 is 10.7. The van der Waals surface area contributed by atoms with Crippen LogP contribution in [0, 0.1) is 5.92 Å². The topological polar surface area (TPSA) is 90.6 Å². The summed E-state index contributed by atoms with van der Waals surface area (Å²) in [6, 6.07) is 9.87. The van der Waals surface area contributed by atoms with E-state index in [4.69, 9.17) is 15.2 Å². The lowest BCUT2D eigenvalue weighted by Crippen LogP contribution is -2.24. The summed E-state index contributed by atoms with van der Waals surface area (Å²) in [7, 11) is 1.62. The largest absolute Gasteiger partial charge is 0.481 e. The van der Waals surface area contributed by atoms with Crippen molar-refractivity contribution >= 4 is 5.91 Å². The van der Waals surface area contributed by atoms with Crippen LogP contribution in [0.1, 0.15) is 17.2 Å². The molecule has 1 saturated heterocycles. The zero-order valence-corrected chi connectivity index (χ0v) is 14.9. The standard InChI is InChI=1S/C19H24N4O3/c1-25-19-4-2-3-16(22-19)10-23-9-15(12-26-13-18(20)24)17(11-23)14-5-7-21-8-6-14/h2-8,15,17H,9-13H2,1H3,(H2,20,24)/t15-,17-/m0/s1. The van der Waals surface area contributed by atoms with Crippen molar-refractivity contribution in [1.29, 1.82) is 0 Å². The molecule has 138 valence electrons. The highest BCUT2D eigenvalue weighted by atomic mass is 16.5. The molecule has 0 bridgehead atoms. The molecular weight excluding hydrogens is 332 g/mol. The number of rotatable bonds is 8. The molecule has 0 aromatic carbocycles. The van der Waals surface area contributed by atoms with Gasteiger partial charge in [0.2, 0.25) is 11.8 Å². The summed E-state index contributed by atoms with van der Waals surface area (Å²) >= 11 is 0. The average Bonchev–Trinajstić information content (AvgIpc) is 3.05. The molecule has 0 saturated carbocycles. The van der Waals surface area contributed by atoms with E-state index in [1.54, 1.807) is 7.11 Å². The minimum atomic E-state index is -0.444. The quantitative estimate of drug-likeness (QED) is 0.764. The summed E-state index contributed by atoms with van der Waals surface area (Å²) in [4.78, 5) is 21.9. The van der Waals surface area contributed by atoms with Crippen LogP contribution in [0.2, 0.25) is 0 Å². The molecule has 0 radical (unpaired) electrons. The van der Waals surface area contributed by atoms with Crippen LogP contribution in [0.25, 0.3) is 0 Å². The molecule has 2 N–H and O–H groups in total. The van der Waals surface area contributed by atoms with Crippen LogP contribution in [-0.4, -0.2) is 54.2 Å². The number of carbonyl (C=O) groups excluding carboxylic acids is 1. The molecular formula is C19H24N4O3. The van der Waals surface area contributed by atoms with Gasteiger partial charge in [0, 0.05) is 49.9 Å². The van der Waals surface area contributed by atoms with Gasteiger partial charge in [-0.05, 0) is 23.8 Å². The fourth-order valence-corrected chi connectivity index (χ4v) is 3.45. The summed E-state index contributed by atoms with van der Waals surface area (Å²) in [5, 5.41) is 0. The molecule has 1 aliphatic heterocycles. The van der Waals surface area contributed by atoms with E-state index < -0.39 is 5.91 Å². The predicted octanol–water partition coefficient (Wildman–Crippen LogP) is 1.20. The van der Waals surface area contributed by atoms with Gasteiger partial charge in [-0.2, -0.15) is 0 Å². The number of hydrogen-bond donors (Lipinski definition) is 1. The Morgan fingerprint density at radius 1 is 1.27 bits per heavy atom. The molecule has 3 rings (SSSR count). The summed E-state index contributed by atoms with van der Waals surface area (Å²) in [6.07, 6.45) is 3.62. The van der Waals surface area contributed by atoms with Gasteiger partial charge in [-0.15, -0.1) is 0 Å². The fraction of sp³-hybridized carbons (Fsp3) is 0.421. The minimum Gasteiger partial charge on any atom is -0.481 e. The highest BCUT2D eigenvalue weighted by molar-refractivity contribution is 5.74. The maximum absolute atomic E-state index is 10.9. The van der Waals surface area contributed by atoms with Crippen LogP contribution in [0.3, 0.4) is 0 Å². The number of hydrogen-bond acceptors (Lipinski definition) is 6. The van der Waals surface area contributed by atoms with Gasteiger partial charge in [-0.3, -0.25) is 14.7 Å². The second kappa shape index (κ2) is 8.73. The van der Waals surface area contributed by atoms with Crippen LogP contribution in [0.5, 0.6) is 5.88 Å². The first kappa shape index (κ1) is 18.3. The van der Waals surface area contributed by atoms with E-state index in [2.05, 4.69) is 14.9 Å². The summed E-state index contributed by atoms with van der Waals surface area (Å²) in [5.41, 5.74) is 7.38. The zero-order chi connectivity index (χ0) is 18.4. The third kappa shape index (κ3) is 4.77. The number of carbonyl (C=O) groups is 1. The van der Waals surface area contributed by atoms with E-state index in [-0.39, 0.29) is 12.5 Å². The number of likely N-dealkylation sites (tertiary alicyclic amines) is 1. The maximum atomic E-state index is 10.9. The first-order valence-corrected chi connectivity index (χ1v) is 8.64. The van der Waals surface area contributed by atoms with Crippen molar-refractivity contribution in [1.82, 2.24) is 14.9 Å². The molecule has 1 fully saturated rings. The average molecular weight is 356 g/mol. The third-order valence-corrected chi connectivity index (χ3v) is 4.60. The highest BCUT2D eigenvalue weighted by Crippen LogP contribution is 2.33. The van der Waals surface area contributed by atoms with Gasteiger partial charge in [-0.25, -0.2) is 4.98 Å². The Kier molecular flexibility index (Phi) is 6.14.